The number of amides is 3. The third-order valence-corrected chi connectivity index (χ3v) is 6.03. The molecule has 0 spiro atoms. The molecule has 0 unspecified atom stereocenters. The van der Waals surface area contributed by atoms with Crippen molar-refractivity contribution in [2.75, 3.05) is 24.6 Å². The molecule has 2 aromatic rings. The minimum Gasteiger partial charge on any atom is -0.452 e. The van der Waals surface area contributed by atoms with Crippen LogP contribution < -0.4 is 4.90 Å². The molecule has 1 fully saturated rings. The first-order valence-corrected chi connectivity index (χ1v) is 10.8. The molecule has 0 N–H and O–H groups in total. The van der Waals surface area contributed by atoms with E-state index < -0.39 is 17.8 Å². The predicted molar refractivity (Wildman–Crippen MR) is 119 cm³/mol. The number of nitrogens with zero attached hydrogens (tertiary/aromatic N) is 2. The van der Waals surface area contributed by atoms with E-state index in [-0.39, 0.29) is 29.2 Å². The Balaban J connectivity index is 1.47. The molecular formula is C25H26N2O5. The lowest BCUT2D eigenvalue weighted by molar-refractivity contribution is -0.137. The fraction of sp³-hybridized carbons (Fsp3) is 0.360. The maximum Gasteiger partial charge on any atom is 0.338 e. The van der Waals surface area contributed by atoms with Crippen LogP contribution in [0.4, 0.5) is 5.69 Å². The Morgan fingerprint density at radius 3 is 2.31 bits per heavy atom. The Kier molecular flexibility index (Phi) is 5.82. The monoisotopic (exact) mass is 434 g/mol. The van der Waals surface area contributed by atoms with E-state index >= 15 is 0 Å². The second kappa shape index (κ2) is 8.57. The van der Waals surface area contributed by atoms with Gasteiger partial charge in [0.2, 0.25) is 0 Å². The van der Waals surface area contributed by atoms with E-state index in [1.54, 1.807) is 17.0 Å². The topological polar surface area (TPSA) is 84.0 Å². The first-order chi connectivity index (χ1) is 15.3. The molecule has 1 saturated heterocycles. The molecule has 2 aliphatic heterocycles. The standard InChI is InChI=1S/C25H26N2O5/c1-15-10-16(2)13-26(12-15)22(28)14-32-25(31)18-8-9-19-20(11-18)24(30)27(23(19)29)21-7-5-4-6-17(21)3/h4-9,11,15-16H,10,12-14H2,1-3H3/t15-,16-/m0/s1. The SMILES string of the molecule is Cc1ccccc1N1C(=O)c2ccc(C(=O)OCC(=O)N3C[C@@H](C)C[C@H](C)C3)cc2C1=O. The lowest BCUT2D eigenvalue weighted by Gasteiger charge is -2.34. The number of likely N-dealkylation sites (tertiary alicyclic amines) is 1. The summed E-state index contributed by atoms with van der Waals surface area (Å²) in [5.74, 6) is -1.02. The Hall–Kier alpha value is -3.48. The van der Waals surface area contributed by atoms with Crippen LogP contribution in [0.5, 0.6) is 0 Å². The fourth-order valence-electron chi connectivity index (χ4n) is 4.57. The van der Waals surface area contributed by atoms with Crippen molar-refractivity contribution >= 4 is 29.4 Å². The van der Waals surface area contributed by atoms with E-state index in [1.807, 2.05) is 19.1 Å². The van der Waals surface area contributed by atoms with E-state index in [0.29, 0.717) is 30.6 Å². The summed E-state index contributed by atoms with van der Waals surface area (Å²) in [6, 6.07) is 11.4. The summed E-state index contributed by atoms with van der Waals surface area (Å²) in [4.78, 5) is 53.7. The first-order valence-electron chi connectivity index (χ1n) is 10.8. The number of aryl methyl sites for hydroxylation is 1. The Labute approximate surface area is 187 Å². The highest BCUT2D eigenvalue weighted by Crippen LogP contribution is 2.31. The van der Waals surface area contributed by atoms with Crippen LogP contribution in [0.25, 0.3) is 0 Å². The average molecular weight is 434 g/mol. The molecule has 0 aromatic heterocycles. The third kappa shape index (κ3) is 4.02. The van der Waals surface area contributed by atoms with Gasteiger partial charge in [0.05, 0.1) is 22.4 Å². The molecule has 0 radical (unpaired) electrons. The molecule has 2 heterocycles. The summed E-state index contributed by atoms with van der Waals surface area (Å²) in [5, 5.41) is 0. The Morgan fingerprint density at radius 2 is 1.62 bits per heavy atom. The third-order valence-electron chi connectivity index (χ3n) is 6.03. The number of esters is 1. The molecule has 0 saturated carbocycles. The summed E-state index contributed by atoms with van der Waals surface area (Å²) in [5.41, 5.74) is 1.82. The van der Waals surface area contributed by atoms with Crippen molar-refractivity contribution in [3.8, 4) is 0 Å². The predicted octanol–water partition coefficient (Wildman–Crippen LogP) is 3.46. The number of hydrogen-bond acceptors (Lipinski definition) is 5. The summed E-state index contributed by atoms with van der Waals surface area (Å²) >= 11 is 0. The van der Waals surface area contributed by atoms with Crippen molar-refractivity contribution < 1.29 is 23.9 Å². The van der Waals surface area contributed by atoms with E-state index in [4.69, 9.17) is 4.74 Å². The number of benzene rings is 2. The van der Waals surface area contributed by atoms with Gasteiger partial charge >= 0.3 is 5.97 Å². The van der Waals surface area contributed by atoms with E-state index in [1.165, 1.54) is 18.2 Å². The lowest BCUT2D eigenvalue weighted by Crippen LogP contribution is -2.44. The molecule has 2 aromatic carbocycles. The molecular weight excluding hydrogens is 408 g/mol. The normalized spacial score (nSPS) is 20.3. The van der Waals surface area contributed by atoms with E-state index in [2.05, 4.69) is 13.8 Å². The molecule has 2 atom stereocenters. The number of anilines is 1. The molecule has 4 rings (SSSR count). The van der Waals surface area contributed by atoms with Gasteiger partial charge in [-0.3, -0.25) is 14.4 Å². The average Bonchev–Trinajstić information content (AvgIpc) is 3.01. The number of imide groups is 1. The van der Waals surface area contributed by atoms with Crippen molar-refractivity contribution in [1.82, 2.24) is 4.90 Å². The highest BCUT2D eigenvalue weighted by Gasteiger charge is 2.38. The van der Waals surface area contributed by atoms with Crippen LogP contribution in [0.2, 0.25) is 0 Å². The van der Waals surface area contributed by atoms with Gasteiger partial charge in [0, 0.05) is 13.1 Å². The molecule has 3 amide bonds. The zero-order chi connectivity index (χ0) is 23.0. The van der Waals surface area contributed by atoms with Gasteiger partial charge in [-0.25, -0.2) is 9.69 Å². The van der Waals surface area contributed by atoms with Crippen LogP contribution in [0, 0.1) is 18.8 Å². The zero-order valence-corrected chi connectivity index (χ0v) is 18.5. The number of piperidine rings is 1. The van der Waals surface area contributed by atoms with Gasteiger partial charge in [-0.15, -0.1) is 0 Å². The van der Waals surface area contributed by atoms with Crippen molar-refractivity contribution in [2.45, 2.75) is 27.2 Å². The lowest BCUT2D eigenvalue weighted by atomic mass is 9.92. The van der Waals surface area contributed by atoms with Gasteiger partial charge in [0.1, 0.15) is 0 Å². The summed E-state index contributed by atoms with van der Waals surface area (Å²) in [6.07, 6.45) is 1.07. The highest BCUT2D eigenvalue weighted by molar-refractivity contribution is 6.34. The number of fused-ring (bicyclic) bond motifs is 1. The molecule has 166 valence electrons. The van der Waals surface area contributed by atoms with Crippen LogP contribution in [-0.2, 0) is 9.53 Å². The molecule has 0 bridgehead atoms. The van der Waals surface area contributed by atoms with E-state index in [0.717, 1.165) is 16.9 Å². The molecule has 0 aliphatic carbocycles. The number of carbonyl (C=O) groups is 4. The van der Waals surface area contributed by atoms with Gasteiger partial charge in [-0.1, -0.05) is 32.0 Å². The maximum absolute atomic E-state index is 13.0. The zero-order valence-electron chi connectivity index (χ0n) is 18.5. The summed E-state index contributed by atoms with van der Waals surface area (Å²) < 4.78 is 5.23. The smallest absolute Gasteiger partial charge is 0.338 e. The van der Waals surface area contributed by atoms with Gasteiger partial charge in [0.25, 0.3) is 17.7 Å². The Bertz CT molecular complexity index is 1100. The van der Waals surface area contributed by atoms with Crippen LogP contribution >= 0.6 is 0 Å². The number of para-hydroxylation sites is 1. The van der Waals surface area contributed by atoms with Crippen molar-refractivity contribution in [1.29, 1.82) is 0 Å². The van der Waals surface area contributed by atoms with Crippen molar-refractivity contribution in [3.63, 3.8) is 0 Å². The van der Waals surface area contributed by atoms with Crippen LogP contribution in [-0.4, -0.2) is 48.3 Å². The minimum absolute atomic E-state index is 0.129. The second-order valence-corrected chi connectivity index (χ2v) is 8.81. The second-order valence-electron chi connectivity index (χ2n) is 8.81. The quantitative estimate of drug-likeness (QED) is 0.544. The van der Waals surface area contributed by atoms with Crippen LogP contribution in [0.3, 0.4) is 0 Å². The Morgan fingerprint density at radius 1 is 0.969 bits per heavy atom. The number of carbonyl (C=O) groups excluding carboxylic acids is 4. The summed E-state index contributed by atoms with van der Waals surface area (Å²) in [7, 11) is 0. The molecule has 7 heteroatoms. The highest BCUT2D eigenvalue weighted by atomic mass is 16.5. The number of ether oxygens (including phenoxy) is 1. The van der Waals surface area contributed by atoms with Crippen molar-refractivity contribution in [3.05, 3.63) is 64.7 Å². The van der Waals surface area contributed by atoms with Gasteiger partial charge < -0.3 is 9.64 Å². The number of rotatable bonds is 4. The van der Waals surface area contributed by atoms with Crippen LogP contribution in [0.1, 0.15) is 56.9 Å². The first kappa shape index (κ1) is 21.7. The molecule has 2 aliphatic rings. The van der Waals surface area contributed by atoms with Crippen LogP contribution in [0.15, 0.2) is 42.5 Å². The van der Waals surface area contributed by atoms with Crippen molar-refractivity contribution in [2.24, 2.45) is 11.8 Å². The molecule has 32 heavy (non-hydrogen) atoms. The summed E-state index contributed by atoms with van der Waals surface area (Å²) in [6.45, 7) is 6.99. The fourth-order valence-corrected chi connectivity index (χ4v) is 4.57. The maximum atomic E-state index is 13.0. The van der Waals surface area contributed by atoms with E-state index in [9.17, 15) is 19.2 Å². The largest absolute Gasteiger partial charge is 0.452 e. The number of hydrogen-bond donors (Lipinski definition) is 0. The van der Waals surface area contributed by atoms with Gasteiger partial charge in [-0.2, -0.15) is 0 Å². The minimum atomic E-state index is -0.700. The van der Waals surface area contributed by atoms with Gasteiger partial charge in [-0.05, 0) is 55.0 Å². The van der Waals surface area contributed by atoms with Gasteiger partial charge in [0.15, 0.2) is 6.61 Å². The molecule has 7 nitrogen and oxygen atoms in total.